The number of piperidine rings is 2. The van der Waals surface area contributed by atoms with Crippen molar-refractivity contribution in [2.45, 2.75) is 155 Å². The summed E-state index contributed by atoms with van der Waals surface area (Å²) in [7, 11) is 0. The topological polar surface area (TPSA) is 59.6 Å². The second kappa shape index (κ2) is 12.9. The van der Waals surface area contributed by atoms with Crippen LogP contribution in [-0.4, -0.2) is 81.9 Å². The van der Waals surface area contributed by atoms with Crippen LogP contribution in [0.25, 0.3) is 0 Å². The molecule has 1 aromatic heterocycles. The molecule has 7 nitrogen and oxygen atoms in total. The molecule has 298 valence electrons. The number of hydrogen-bond acceptors (Lipinski definition) is 7. The third kappa shape index (κ3) is 4.55. The highest BCUT2D eigenvalue weighted by Crippen LogP contribution is 2.71. The molecule has 2 N–H and O–H groups in total. The Balaban J connectivity index is 0.977. The normalized spacial score (nSPS) is 42.9. The van der Waals surface area contributed by atoms with E-state index < -0.39 is 0 Å². The van der Waals surface area contributed by atoms with Crippen molar-refractivity contribution in [2.75, 3.05) is 18.0 Å². The smallest absolute Gasteiger partial charge is 0.159 e. The van der Waals surface area contributed by atoms with Crippen molar-refractivity contribution in [1.82, 2.24) is 30.4 Å². The number of benzene rings is 2. The summed E-state index contributed by atoms with van der Waals surface area (Å²) < 4.78 is 0. The Labute approximate surface area is 345 Å². The quantitative estimate of drug-likeness (QED) is 0.260. The van der Waals surface area contributed by atoms with Crippen LogP contribution < -0.4 is 15.5 Å². The number of anilines is 1. The Bertz CT molecular complexity index is 2140. The highest BCUT2D eigenvalue weighted by atomic mass is 15.4. The Hall–Kier alpha value is -3.62. The van der Waals surface area contributed by atoms with Crippen LogP contribution in [0.1, 0.15) is 107 Å². The van der Waals surface area contributed by atoms with Gasteiger partial charge in [-0.2, -0.15) is 0 Å². The first-order valence-corrected chi connectivity index (χ1v) is 24.0. The molecule has 3 aromatic rings. The summed E-state index contributed by atoms with van der Waals surface area (Å²) in [6, 6.07) is 29.4. The van der Waals surface area contributed by atoms with Gasteiger partial charge in [0.2, 0.25) is 0 Å². The number of rotatable bonds is 3. The average molecular weight is 770 g/mol. The van der Waals surface area contributed by atoms with Gasteiger partial charge in [0.05, 0.1) is 12.1 Å². The van der Waals surface area contributed by atoms with E-state index in [4.69, 9.17) is 9.97 Å². The minimum Gasteiger partial charge on any atom is -0.368 e. The first-order chi connectivity index (χ1) is 28.8. The molecule has 15 atom stereocenters. The molecule has 14 rings (SSSR count). The monoisotopic (exact) mass is 770 g/mol. The third-order valence-electron chi connectivity index (χ3n) is 18.7. The fraction of sp³-hybridized carbons (Fsp3) is 0.600. The van der Waals surface area contributed by atoms with Crippen molar-refractivity contribution < 1.29 is 0 Å². The van der Waals surface area contributed by atoms with Gasteiger partial charge in [-0.1, -0.05) is 74.2 Å². The zero-order chi connectivity index (χ0) is 37.6. The summed E-state index contributed by atoms with van der Waals surface area (Å²) in [6.07, 6.45) is 21.4. The Morgan fingerprint density at radius 1 is 0.603 bits per heavy atom. The van der Waals surface area contributed by atoms with Crippen molar-refractivity contribution >= 4 is 12.4 Å². The highest BCUT2D eigenvalue weighted by Gasteiger charge is 2.71. The molecular formula is C50H60BN7. The van der Waals surface area contributed by atoms with E-state index in [-0.39, 0.29) is 0 Å². The molecule has 0 bridgehead atoms. The lowest BCUT2D eigenvalue weighted by Crippen LogP contribution is -2.72. The van der Waals surface area contributed by atoms with Gasteiger partial charge in [0.25, 0.3) is 0 Å². The van der Waals surface area contributed by atoms with Crippen molar-refractivity contribution in [3.63, 3.8) is 0 Å². The molecule has 0 radical (unpaired) electrons. The summed E-state index contributed by atoms with van der Waals surface area (Å²) in [5.74, 6) is 7.99. The molecule has 4 saturated heterocycles. The van der Waals surface area contributed by atoms with E-state index in [0.717, 1.165) is 36.6 Å². The fourth-order valence-corrected chi connectivity index (χ4v) is 17.4. The lowest BCUT2D eigenvalue weighted by Gasteiger charge is -2.68. The summed E-state index contributed by atoms with van der Waals surface area (Å²) in [5.41, 5.74) is 8.48. The van der Waals surface area contributed by atoms with Crippen LogP contribution >= 0.6 is 0 Å². The van der Waals surface area contributed by atoms with Crippen LogP contribution in [0, 0.1) is 17.8 Å². The fourth-order valence-electron chi connectivity index (χ4n) is 17.4. The predicted octanol–water partition coefficient (Wildman–Crippen LogP) is 8.35. The van der Waals surface area contributed by atoms with Crippen molar-refractivity contribution in [2.24, 2.45) is 17.8 Å². The number of fused-ring (bicyclic) bond motifs is 12. The molecule has 0 spiro atoms. The molecule has 3 saturated carbocycles. The van der Waals surface area contributed by atoms with E-state index in [9.17, 15) is 0 Å². The van der Waals surface area contributed by atoms with Gasteiger partial charge in [-0.25, -0.2) is 9.97 Å². The average Bonchev–Trinajstić information content (AvgIpc) is 3.94. The van der Waals surface area contributed by atoms with Gasteiger partial charge in [-0.05, 0) is 129 Å². The van der Waals surface area contributed by atoms with Crippen LogP contribution in [0.5, 0.6) is 0 Å². The molecule has 8 heterocycles. The molecule has 8 heteroatoms. The summed E-state index contributed by atoms with van der Waals surface area (Å²) >= 11 is 0. The molecule has 58 heavy (non-hydrogen) atoms. The van der Waals surface area contributed by atoms with Crippen molar-refractivity contribution in [3.8, 4) is 0 Å². The van der Waals surface area contributed by atoms with Gasteiger partial charge in [-0.3, -0.25) is 0 Å². The van der Waals surface area contributed by atoms with E-state index in [1.165, 1.54) is 95.7 Å². The molecule has 7 fully saturated rings. The van der Waals surface area contributed by atoms with Gasteiger partial charge < -0.3 is 25.3 Å². The standard InChI is InChI=1S/C50H60BN7/c1-3-12-29(13-4-1)35-26-30-14-9-22-52-44(30)41-33-17-7-19-36-46(33)57(48(35)41)39-27-31(49-54-24-11-25-55-49)28-40-43(39)51(36)37-20-8-18-34-42-45-38(21-10-23-53-45)56(32-15-5-2-6-16-32)50(42)58(40)47(34)37/h1-6,11-13,15-16,24-25,30-31,33-40,43-47,52-53H,7-10,14,17-23,26-28H2. The molecule has 7 aliphatic heterocycles. The third-order valence-corrected chi connectivity index (χ3v) is 18.7. The number of hydrogen-bond donors (Lipinski definition) is 2. The van der Waals surface area contributed by atoms with E-state index in [0.29, 0.717) is 71.8 Å². The molecular weight excluding hydrogens is 709 g/mol. The minimum atomic E-state index is 0.367. The highest BCUT2D eigenvalue weighted by molar-refractivity contribution is 6.65. The Kier molecular flexibility index (Phi) is 7.62. The van der Waals surface area contributed by atoms with E-state index in [1.54, 1.807) is 17.1 Å². The SMILES string of the molecule is c1ccc(C2CC3CCCNC3C3=C2N2C4CC(c5ncccn5)CC5C4B(C4CCCC3C42)C2CCCC3C4=C(N(c6ccccc6)C6CCCNC46)N5C23)cc1. The minimum absolute atomic E-state index is 0.367. The Morgan fingerprint density at radius 2 is 1.28 bits per heavy atom. The number of nitrogens with zero attached hydrogens (tertiary/aromatic N) is 5. The zero-order valence-electron chi connectivity index (χ0n) is 34.1. The summed E-state index contributed by atoms with van der Waals surface area (Å²) in [4.78, 5) is 19.6. The Morgan fingerprint density at radius 3 is 2.05 bits per heavy atom. The number of para-hydroxylation sites is 1. The maximum atomic E-state index is 5.11. The first-order valence-electron chi connectivity index (χ1n) is 24.0. The van der Waals surface area contributed by atoms with Crippen molar-refractivity contribution in [1.29, 1.82) is 0 Å². The van der Waals surface area contributed by atoms with Crippen LogP contribution in [0.4, 0.5) is 5.69 Å². The van der Waals surface area contributed by atoms with Gasteiger partial charge in [0.1, 0.15) is 11.6 Å². The van der Waals surface area contributed by atoms with Gasteiger partial charge in [-0.15, -0.1) is 0 Å². The van der Waals surface area contributed by atoms with Crippen LogP contribution in [0.2, 0.25) is 17.5 Å². The number of nitrogens with one attached hydrogen (secondary N) is 2. The first kappa shape index (κ1) is 34.1. The van der Waals surface area contributed by atoms with E-state index >= 15 is 0 Å². The number of aromatic nitrogens is 2. The van der Waals surface area contributed by atoms with Gasteiger partial charge >= 0.3 is 0 Å². The molecule has 15 unspecified atom stereocenters. The van der Waals surface area contributed by atoms with E-state index in [1.807, 2.05) is 29.6 Å². The summed E-state index contributed by atoms with van der Waals surface area (Å²) in [6.45, 7) is 3.15. The van der Waals surface area contributed by atoms with Crippen LogP contribution in [-0.2, 0) is 0 Å². The number of allylic oxidation sites excluding steroid dienone is 1. The molecule has 0 amide bonds. The molecule has 11 aliphatic rings. The summed E-state index contributed by atoms with van der Waals surface area (Å²) in [5, 5.41) is 8.43. The van der Waals surface area contributed by atoms with Gasteiger partial charge in [0.15, 0.2) is 6.71 Å². The lowest BCUT2D eigenvalue weighted by molar-refractivity contribution is 0.00886. The predicted molar refractivity (Wildman–Crippen MR) is 231 cm³/mol. The van der Waals surface area contributed by atoms with E-state index in [2.05, 4.69) is 86.0 Å². The maximum absolute atomic E-state index is 5.11. The molecule has 2 aromatic carbocycles. The van der Waals surface area contributed by atoms with Gasteiger partial charge in [0, 0.05) is 77.7 Å². The van der Waals surface area contributed by atoms with Crippen LogP contribution in [0.3, 0.4) is 0 Å². The van der Waals surface area contributed by atoms with Crippen LogP contribution in [0.15, 0.2) is 102 Å². The van der Waals surface area contributed by atoms with Crippen molar-refractivity contribution in [3.05, 3.63) is 113 Å². The second-order valence-electron chi connectivity index (χ2n) is 20.8. The lowest BCUT2D eigenvalue weighted by atomic mass is 9.18. The maximum Gasteiger partial charge on any atom is 0.159 e. The largest absolute Gasteiger partial charge is 0.368 e. The second-order valence-corrected chi connectivity index (χ2v) is 20.8. The molecule has 4 aliphatic carbocycles. The zero-order valence-corrected chi connectivity index (χ0v) is 34.1.